The molecule has 3 aromatic carbocycles. The largest absolute Gasteiger partial charge is 0.456 e. The zero-order valence-electron chi connectivity index (χ0n) is 35.1. The van der Waals surface area contributed by atoms with Crippen LogP contribution in [0.5, 0.6) is 0 Å². The van der Waals surface area contributed by atoms with Gasteiger partial charge in [-0.15, -0.1) is 0 Å². The number of fused-ring (bicyclic) bond motifs is 5. The summed E-state index contributed by atoms with van der Waals surface area (Å²) in [4.78, 5) is 83.3. The number of benzene rings is 3. The number of ether oxygens (including phenoxy) is 6. The van der Waals surface area contributed by atoms with E-state index in [0.29, 0.717) is 0 Å². The maximum atomic E-state index is 15.5. The highest BCUT2D eigenvalue weighted by Gasteiger charge is 2.78. The van der Waals surface area contributed by atoms with Gasteiger partial charge in [-0.25, -0.2) is 14.4 Å². The number of rotatable bonds is 10. The van der Waals surface area contributed by atoms with Crippen LogP contribution in [0, 0.1) is 16.7 Å². The van der Waals surface area contributed by atoms with Crippen molar-refractivity contribution in [2.45, 2.75) is 108 Å². The number of carbonyl (C=O) groups is 6. The van der Waals surface area contributed by atoms with E-state index in [0.717, 1.165) is 13.8 Å². The number of hydrogen-bond donors (Lipinski definition) is 3. The predicted molar refractivity (Wildman–Crippen MR) is 216 cm³/mol. The Morgan fingerprint density at radius 1 is 0.790 bits per heavy atom. The topological polar surface area (TPSA) is 218 Å². The van der Waals surface area contributed by atoms with Gasteiger partial charge < -0.3 is 43.7 Å². The molecule has 62 heavy (non-hydrogen) atoms. The lowest BCUT2D eigenvalue weighted by molar-refractivity contribution is -0.346. The van der Waals surface area contributed by atoms with E-state index < -0.39 is 113 Å². The van der Waals surface area contributed by atoms with Gasteiger partial charge in [0.15, 0.2) is 29.7 Å². The van der Waals surface area contributed by atoms with Crippen molar-refractivity contribution in [1.29, 1.82) is 0 Å². The molecule has 1 heterocycles. The van der Waals surface area contributed by atoms with Crippen molar-refractivity contribution in [3.05, 3.63) is 119 Å². The van der Waals surface area contributed by atoms with Crippen molar-refractivity contribution in [2.75, 3.05) is 6.61 Å². The maximum Gasteiger partial charge on any atom is 0.339 e. The first kappa shape index (κ1) is 44.3. The fraction of sp³-hybridized carbons (Fsp3) is 0.447. The molecule has 0 spiro atoms. The average Bonchev–Trinajstić information content (AvgIpc) is 3.24. The Morgan fingerprint density at radius 3 is 1.89 bits per heavy atom. The summed E-state index contributed by atoms with van der Waals surface area (Å²) in [5, 5.41) is 37.4. The number of carbonyl (C=O) groups excluding carboxylic acids is 6. The first-order valence-corrected chi connectivity index (χ1v) is 20.4. The molecule has 3 N–H and O–H groups in total. The van der Waals surface area contributed by atoms with E-state index >= 15 is 4.79 Å². The van der Waals surface area contributed by atoms with Crippen LogP contribution >= 0.6 is 0 Å². The lowest BCUT2D eigenvalue weighted by Crippen LogP contribution is -2.82. The van der Waals surface area contributed by atoms with Crippen LogP contribution in [0.1, 0.15) is 86.8 Å². The Balaban J connectivity index is 1.39. The second kappa shape index (κ2) is 16.5. The number of aliphatic hydroxyl groups is 3. The van der Waals surface area contributed by atoms with Gasteiger partial charge in [-0.05, 0) is 54.8 Å². The quantitative estimate of drug-likeness (QED) is 0.148. The Bertz CT molecular complexity index is 2280. The first-order valence-electron chi connectivity index (χ1n) is 20.4. The third-order valence-electron chi connectivity index (χ3n) is 13.3. The van der Waals surface area contributed by atoms with Gasteiger partial charge in [-0.2, -0.15) is 0 Å². The number of Topliss-reactive ketones (excluding diaryl/α,β-unsaturated/α-hetero) is 1. The molecule has 3 aliphatic carbocycles. The molecule has 15 nitrogen and oxygen atoms in total. The van der Waals surface area contributed by atoms with Crippen LogP contribution in [0.2, 0.25) is 0 Å². The molecule has 3 aromatic rings. The fourth-order valence-corrected chi connectivity index (χ4v) is 10.1. The van der Waals surface area contributed by atoms with Crippen LogP contribution in [0.4, 0.5) is 0 Å². The molecular formula is C47H50O15. The summed E-state index contributed by atoms with van der Waals surface area (Å²) >= 11 is 0. The van der Waals surface area contributed by atoms with Crippen molar-refractivity contribution >= 4 is 35.6 Å². The lowest BCUT2D eigenvalue weighted by atomic mass is 9.44. The third-order valence-corrected chi connectivity index (χ3v) is 13.3. The van der Waals surface area contributed by atoms with Crippen molar-refractivity contribution < 1.29 is 72.5 Å². The minimum atomic E-state index is -2.41. The summed E-state index contributed by atoms with van der Waals surface area (Å²) in [6, 6.07) is 23.8. The van der Waals surface area contributed by atoms with E-state index in [1.54, 1.807) is 80.6 Å². The highest BCUT2D eigenvalue weighted by molar-refractivity contribution is 5.96. The number of aliphatic hydroxyl groups excluding tert-OH is 2. The van der Waals surface area contributed by atoms with Crippen molar-refractivity contribution in [3.63, 3.8) is 0 Å². The summed E-state index contributed by atoms with van der Waals surface area (Å²) < 4.78 is 35.9. The summed E-state index contributed by atoms with van der Waals surface area (Å²) in [6.45, 7) is 7.91. The van der Waals surface area contributed by atoms with Gasteiger partial charge in [0.05, 0.1) is 35.2 Å². The first-order chi connectivity index (χ1) is 29.3. The second-order valence-corrected chi connectivity index (χ2v) is 17.2. The SMILES string of the molecule is CC(=O)O[C@H]1C(=O)[C@]2(C)[C@@H](O)C[C@H]3OCC3(OC(C)=O)[C@@H]2[C@@H](OC(=O)c2ccccc2)[C@]2(O)C[C@@H](OC(=O)[C@H](O)[C@@H](OC(=O)c3ccccc3)c3ccccc3)C(C)=C1C2(C)C. The molecule has 11 atom stereocenters. The summed E-state index contributed by atoms with van der Waals surface area (Å²) in [5.74, 6) is -7.20. The Hall–Kier alpha value is -5.74. The lowest BCUT2D eigenvalue weighted by Gasteiger charge is -2.67. The zero-order chi connectivity index (χ0) is 44.9. The van der Waals surface area contributed by atoms with Crippen LogP contribution in [-0.4, -0.2) is 105 Å². The molecule has 0 amide bonds. The van der Waals surface area contributed by atoms with Crippen LogP contribution in [0.15, 0.2) is 102 Å². The summed E-state index contributed by atoms with van der Waals surface area (Å²) in [7, 11) is 0. The molecule has 1 aliphatic heterocycles. The van der Waals surface area contributed by atoms with E-state index in [2.05, 4.69) is 0 Å². The van der Waals surface area contributed by atoms with Crippen LogP contribution < -0.4 is 0 Å². The molecule has 1 saturated heterocycles. The van der Waals surface area contributed by atoms with E-state index in [1.807, 2.05) is 0 Å². The van der Waals surface area contributed by atoms with Crippen molar-refractivity contribution in [1.82, 2.24) is 0 Å². The molecule has 2 saturated carbocycles. The van der Waals surface area contributed by atoms with E-state index in [-0.39, 0.29) is 40.9 Å². The van der Waals surface area contributed by atoms with E-state index in [9.17, 15) is 39.3 Å². The van der Waals surface area contributed by atoms with E-state index in [4.69, 9.17) is 28.4 Å². The molecule has 3 fully saturated rings. The van der Waals surface area contributed by atoms with Gasteiger partial charge >= 0.3 is 29.8 Å². The monoisotopic (exact) mass is 854 g/mol. The maximum absolute atomic E-state index is 15.5. The van der Waals surface area contributed by atoms with Crippen LogP contribution in [0.3, 0.4) is 0 Å². The summed E-state index contributed by atoms with van der Waals surface area (Å²) in [5.41, 5.74) is -7.33. The molecule has 1 unspecified atom stereocenters. The van der Waals surface area contributed by atoms with Gasteiger partial charge in [0.2, 0.25) is 0 Å². The molecular weight excluding hydrogens is 805 g/mol. The predicted octanol–water partition coefficient (Wildman–Crippen LogP) is 4.16. The molecule has 2 bridgehead atoms. The minimum absolute atomic E-state index is 0.0185. The molecule has 7 rings (SSSR count). The van der Waals surface area contributed by atoms with Crippen molar-refractivity contribution in [3.8, 4) is 0 Å². The number of esters is 5. The molecule has 328 valence electrons. The van der Waals surface area contributed by atoms with Gasteiger partial charge in [0, 0.05) is 32.1 Å². The molecule has 4 aliphatic rings. The fourth-order valence-electron chi connectivity index (χ4n) is 10.1. The highest BCUT2D eigenvalue weighted by atomic mass is 16.6. The Labute approximate surface area is 357 Å². The number of hydrogen-bond acceptors (Lipinski definition) is 15. The minimum Gasteiger partial charge on any atom is -0.456 e. The van der Waals surface area contributed by atoms with Gasteiger partial charge in [-0.1, -0.05) is 80.6 Å². The summed E-state index contributed by atoms with van der Waals surface area (Å²) in [6.07, 6.45) is -12.3. The van der Waals surface area contributed by atoms with Gasteiger partial charge in [0.1, 0.15) is 23.9 Å². The average molecular weight is 855 g/mol. The van der Waals surface area contributed by atoms with Gasteiger partial charge in [0.25, 0.3) is 0 Å². The second-order valence-electron chi connectivity index (χ2n) is 17.2. The smallest absolute Gasteiger partial charge is 0.339 e. The van der Waals surface area contributed by atoms with Crippen LogP contribution in [0.25, 0.3) is 0 Å². The Kier molecular flexibility index (Phi) is 11.8. The third kappa shape index (κ3) is 7.29. The number of ketones is 1. The molecule has 15 heteroatoms. The van der Waals surface area contributed by atoms with E-state index in [1.165, 1.54) is 38.1 Å². The van der Waals surface area contributed by atoms with Crippen molar-refractivity contribution in [2.24, 2.45) is 16.7 Å². The zero-order valence-corrected chi connectivity index (χ0v) is 35.1. The molecule has 0 radical (unpaired) electrons. The standard InChI is InChI=1S/C47H50O15/c1-25-31(59-43(55)35(51)36(28-16-10-7-11-17-28)60-41(53)29-18-12-8-13-19-29)23-47(56)40(61-42(54)30-20-14-9-15-21-30)38-45(6,32(50)22-33-46(38,24-57-33)62-27(3)49)39(52)37(58-26(2)48)34(25)44(47,4)5/h7-21,31-33,35-38,40,50-51,56H,22-24H2,1-6H3/t31-,32+,33-,35-,36+,37-,38-,40-,45-,46?,47-/m1/s1. The molecule has 0 aromatic heterocycles. The highest BCUT2D eigenvalue weighted by Crippen LogP contribution is 2.64. The van der Waals surface area contributed by atoms with Crippen LogP contribution in [-0.2, 0) is 47.6 Å². The normalized spacial score (nSPS) is 31.9. The Morgan fingerprint density at radius 2 is 1.35 bits per heavy atom. The van der Waals surface area contributed by atoms with Gasteiger partial charge in [-0.3, -0.25) is 14.4 Å².